The Bertz CT molecular complexity index is 786. The minimum Gasteiger partial charge on any atom is -0.459 e. The van der Waals surface area contributed by atoms with E-state index in [-0.39, 0.29) is 13.2 Å². The Morgan fingerprint density at radius 3 is 2.25 bits per heavy atom. The quantitative estimate of drug-likeness (QED) is 0.639. The lowest BCUT2D eigenvalue weighted by Crippen LogP contribution is -2.44. The van der Waals surface area contributed by atoms with Crippen molar-refractivity contribution in [3.8, 4) is 0 Å². The van der Waals surface area contributed by atoms with E-state index in [1.165, 1.54) is 0 Å². The summed E-state index contributed by atoms with van der Waals surface area (Å²) in [4.78, 5) is 35.2. The van der Waals surface area contributed by atoms with Crippen LogP contribution in [0, 0.1) is 0 Å². The molecule has 9 nitrogen and oxygen atoms in total. The molecule has 0 aliphatic heterocycles. The van der Waals surface area contributed by atoms with E-state index in [0.717, 1.165) is 12.5 Å². The molecule has 0 aliphatic rings. The van der Waals surface area contributed by atoms with Gasteiger partial charge >= 0.3 is 12.1 Å². The minimum absolute atomic E-state index is 0.0393. The molecule has 0 unspecified atom stereocenters. The molecule has 2 amide bonds. The average Bonchev–Trinajstić information content (AvgIpc) is 2.56. The van der Waals surface area contributed by atoms with Crippen LogP contribution in [0.4, 0.5) is 4.79 Å². The lowest BCUT2D eigenvalue weighted by molar-refractivity contribution is -0.156. The topological polar surface area (TPSA) is 119 Å². The molecule has 0 spiro atoms. The molecule has 28 heavy (non-hydrogen) atoms. The van der Waals surface area contributed by atoms with Crippen molar-refractivity contribution in [2.45, 2.75) is 39.9 Å². The first kappa shape index (κ1) is 23.4. The van der Waals surface area contributed by atoms with E-state index in [9.17, 15) is 22.8 Å². The Hall–Kier alpha value is -2.62. The summed E-state index contributed by atoms with van der Waals surface area (Å²) in [5.74, 6) is -2.24. The molecule has 1 N–H and O–H groups in total. The van der Waals surface area contributed by atoms with Crippen molar-refractivity contribution in [3.05, 3.63) is 35.9 Å². The van der Waals surface area contributed by atoms with Gasteiger partial charge in [0.15, 0.2) is 0 Å². The Labute approximate surface area is 165 Å². The number of amides is 2. The minimum atomic E-state index is -4.12. The largest absolute Gasteiger partial charge is 0.459 e. The van der Waals surface area contributed by atoms with Crippen molar-refractivity contribution < 1.29 is 32.3 Å². The third-order valence-electron chi connectivity index (χ3n) is 3.22. The van der Waals surface area contributed by atoms with Crippen LogP contribution >= 0.6 is 0 Å². The zero-order valence-electron chi connectivity index (χ0n) is 16.4. The molecule has 0 aliphatic carbocycles. The number of carbonyl (C=O) groups is 3. The summed E-state index contributed by atoms with van der Waals surface area (Å²) < 4.78 is 35.1. The Morgan fingerprint density at radius 2 is 1.71 bits per heavy atom. The van der Waals surface area contributed by atoms with Gasteiger partial charge in [-0.2, -0.15) is 0 Å². The van der Waals surface area contributed by atoms with Crippen LogP contribution in [0.5, 0.6) is 0 Å². The maximum atomic E-state index is 12.3. The summed E-state index contributed by atoms with van der Waals surface area (Å²) in [6.45, 7) is 4.94. The van der Waals surface area contributed by atoms with E-state index in [1.807, 2.05) is 6.07 Å². The molecule has 0 radical (unpaired) electrons. The predicted octanol–water partition coefficient (Wildman–Crippen LogP) is 1.43. The van der Waals surface area contributed by atoms with Crippen LogP contribution in [0.15, 0.2) is 30.3 Å². The Morgan fingerprint density at radius 1 is 1.11 bits per heavy atom. The van der Waals surface area contributed by atoms with Gasteiger partial charge in [-0.05, 0) is 26.3 Å². The van der Waals surface area contributed by atoms with Crippen molar-refractivity contribution >= 4 is 28.0 Å². The molecule has 1 aromatic carbocycles. The van der Waals surface area contributed by atoms with Crippen LogP contribution in [0.1, 0.15) is 33.3 Å². The molecule has 10 heteroatoms. The van der Waals surface area contributed by atoms with Crippen LogP contribution in [-0.2, 0) is 35.7 Å². The van der Waals surface area contributed by atoms with Crippen LogP contribution in [0.2, 0.25) is 0 Å². The fourth-order valence-corrected chi connectivity index (χ4v) is 3.34. The first-order chi connectivity index (χ1) is 12.9. The number of sulfonamides is 1. The molecule has 0 saturated carbocycles. The molecular formula is C18H26N2O7S. The highest BCUT2D eigenvalue weighted by Crippen LogP contribution is 2.09. The summed E-state index contributed by atoms with van der Waals surface area (Å²) in [6, 6.07) is 8.97. The number of esters is 1. The van der Waals surface area contributed by atoms with Gasteiger partial charge in [0.2, 0.25) is 15.9 Å². The molecule has 1 rings (SSSR count). The standard InChI is InChI=1S/C18H26N2O7S/c1-14(21)20(12-16(22)27-18(2,3)4)28(24,25)11-10-19-17(23)26-13-15-8-6-5-7-9-15/h5-9H,10-13H2,1-4H3,(H,19,23). The molecule has 0 aromatic heterocycles. The highest BCUT2D eigenvalue weighted by atomic mass is 32.2. The van der Waals surface area contributed by atoms with Crippen LogP contribution < -0.4 is 5.32 Å². The molecule has 0 fully saturated rings. The zero-order chi connectivity index (χ0) is 21.4. The van der Waals surface area contributed by atoms with Gasteiger partial charge in [-0.25, -0.2) is 17.5 Å². The Balaban J connectivity index is 2.53. The fourth-order valence-electron chi connectivity index (χ4n) is 2.06. The molecule has 0 bridgehead atoms. The van der Waals surface area contributed by atoms with Crippen molar-refractivity contribution in [1.82, 2.24) is 9.62 Å². The van der Waals surface area contributed by atoms with Crippen LogP contribution in [0.3, 0.4) is 0 Å². The Kier molecular flexibility index (Phi) is 8.42. The lowest BCUT2D eigenvalue weighted by atomic mass is 10.2. The third kappa shape index (κ3) is 8.85. The normalized spacial score (nSPS) is 11.4. The summed E-state index contributed by atoms with van der Waals surface area (Å²) in [7, 11) is -4.12. The zero-order valence-corrected chi connectivity index (χ0v) is 17.2. The monoisotopic (exact) mass is 414 g/mol. The van der Waals surface area contributed by atoms with E-state index >= 15 is 0 Å². The molecule has 0 heterocycles. The van der Waals surface area contributed by atoms with Gasteiger partial charge in [0.1, 0.15) is 18.8 Å². The lowest BCUT2D eigenvalue weighted by Gasteiger charge is -2.24. The summed E-state index contributed by atoms with van der Waals surface area (Å²) in [5, 5.41) is 2.30. The van der Waals surface area contributed by atoms with Crippen molar-refractivity contribution in [2.75, 3.05) is 18.8 Å². The molecule has 0 saturated heterocycles. The van der Waals surface area contributed by atoms with Gasteiger partial charge in [-0.3, -0.25) is 9.59 Å². The SMILES string of the molecule is CC(=O)N(CC(=O)OC(C)(C)C)S(=O)(=O)CCNC(=O)OCc1ccccc1. The van der Waals surface area contributed by atoms with Gasteiger partial charge in [0.05, 0.1) is 5.75 Å². The van der Waals surface area contributed by atoms with Crippen LogP contribution in [-0.4, -0.2) is 55.1 Å². The second-order valence-corrected chi connectivity index (χ2v) is 8.93. The first-order valence-corrected chi connectivity index (χ1v) is 10.2. The van der Waals surface area contributed by atoms with Crippen molar-refractivity contribution in [2.24, 2.45) is 0 Å². The highest BCUT2D eigenvalue weighted by molar-refractivity contribution is 7.89. The van der Waals surface area contributed by atoms with Gasteiger partial charge < -0.3 is 14.8 Å². The third-order valence-corrected chi connectivity index (χ3v) is 5.00. The number of alkyl carbamates (subject to hydrolysis) is 1. The van der Waals surface area contributed by atoms with Crippen molar-refractivity contribution in [1.29, 1.82) is 0 Å². The van der Waals surface area contributed by atoms with Gasteiger partial charge in [0.25, 0.3) is 0 Å². The predicted molar refractivity (Wildman–Crippen MR) is 102 cm³/mol. The van der Waals surface area contributed by atoms with Crippen LogP contribution in [0.25, 0.3) is 0 Å². The second-order valence-electron chi connectivity index (χ2n) is 6.92. The number of rotatable bonds is 8. The number of nitrogens with zero attached hydrogens (tertiary/aromatic N) is 1. The number of nitrogens with one attached hydrogen (secondary N) is 1. The number of hydrogen-bond acceptors (Lipinski definition) is 7. The summed E-state index contributed by atoms with van der Waals surface area (Å²) >= 11 is 0. The number of benzene rings is 1. The van der Waals surface area contributed by atoms with E-state index < -0.39 is 45.9 Å². The molecule has 156 valence electrons. The first-order valence-electron chi connectivity index (χ1n) is 8.58. The van der Waals surface area contributed by atoms with E-state index in [0.29, 0.717) is 4.31 Å². The average molecular weight is 414 g/mol. The molecular weight excluding hydrogens is 388 g/mol. The maximum absolute atomic E-state index is 12.3. The van der Waals surface area contributed by atoms with Gasteiger partial charge in [-0.15, -0.1) is 0 Å². The number of hydrogen-bond donors (Lipinski definition) is 1. The molecule has 1 aromatic rings. The summed E-state index contributed by atoms with van der Waals surface area (Å²) in [6.07, 6.45) is -0.791. The second kappa shape index (κ2) is 10.1. The van der Waals surface area contributed by atoms with E-state index in [1.54, 1.807) is 45.0 Å². The highest BCUT2D eigenvalue weighted by Gasteiger charge is 2.29. The van der Waals surface area contributed by atoms with Crippen molar-refractivity contribution in [3.63, 3.8) is 0 Å². The summed E-state index contributed by atoms with van der Waals surface area (Å²) in [5.41, 5.74) is -0.0294. The smallest absolute Gasteiger partial charge is 0.407 e. The van der Waals surface area contributed by atoms with Gasteiger partial charge in [0, 0.05) is 13.5 Å². The van der Waals surface area contributed by atoms with Gasteiger partial charge in [-0.1, -0.05) is 30.3 Å². The number of carbonyl (C=O) groups excluding carboxylic acids is 3. The molecule has 0 atom stereocenters. The maximum Gasteiger partial charge on any atom is 0.407 e. The van der Waals surface area contributed by atoms with E-state index in [4.69, 9.17) is 9.47 Å². The van der Waals surface area contributed by atoms with E-state index in [2.05, 4.69) is 5.32 Å². The number of ether oxygens (including phenoxy) is 2. The fraction of sp³-hybridized carbons (Fsp3) is 0.500.